The fraction of sp³-hybridized carbons (Fsp3) is 0.111. The van der Waals surface area contributed by atoms with Crippen molar-refractivity contribution in [3.05, 3.63) is 99.2 Å². The van der Waals surface area contributed by atoms with Crippen LogP contribution in [-0.4, -0.2) is 30.2 Å². The molecule has 176 valence electrons. The minimum atomic E-state index is -0.514. The number of halogens is 1. The van der Waals surface area contributed by atoms with E-state index in [2.05, 4.69) is 31.4 Å². The number of benzene rings is 3. The summed E-state index contributed by atoms with van der Waals surface area (Å²) in [4.78, 5) is 29.8. The highest BCUT2D eigenvalue weighted by molar-refractivity contribution is 9.10. The molecule has 0 aliphatic heterocycles. The summed E-state index contributed by atoms with van der Waals surface area (Å²) in [5.74, 6) is -0.233. The highest BCUT2D eigenvalue weighted by Gasteiger charge is 2.15. The zero-order valence-corrected chi connectivity index (χ0v) is 20.9. The number of pyridine rings is 1. The number of rotatable bonds is 6. The zero-order chi connectivity index (χ0) is 24.9. The number of fused-ring (bicyclic) bond motifs is 1. The van der Waals surface area contributed by atoms with Gasteiger partial charge in [-0.05, 0) is 83.9 Å². The van der Waals surface area contributed by atoms with Crippen molar-refractivity contribution in [1.82, 2.24) is 10.4 Å². The monoisotopic (exact) mass is 531 g/mol. The van der Waals surface area contributed by atoms with Crippen molar-refractivity contribution >= 4 is 44.9 Å². The second-order valence-corrected chi connectivity index (χ2v) is 8.66. The summed E-state index contributed by atoms with van der Waals surface area (Å²) < 4.78 is 11.5. The third kappa shape index (κ3) is 5.55. The van der Waals surface area contributed by atoms with E-state index < -0.39 is 5.97 Å². The van der Waals surface area contributed by atoms with Gasteiger partial charge in [-0.2, -0.15) is 5.10 Å². The number of ether oxygens (including phenoxy) is 2. The highest BCUT2D eigenvalue weighted by Crippen LogP contribution is 2.29. The molecule has 8 heteroatoms. The minimum absolute atomic E-state index is 0.267. The summed E-state index contributed by atoms with van der Waals surface area (Å²) in [7, 11) is 1.48. The van der Waals surface area contributed by atoms with Crippen LogP contribution >= 0.6 is 15.9 Å². The first-order chi connectivity index (χ1) is 16.9. The molecule has 0 saturated heterocycles. The van der Waals surface area contributed by atoms with Gasteiger partial charge in [0.1, 0.15) is 0 Å². The first-order valence-corrected chi connectivity index (χ1v) is 11.5. The Bertz CT molecular complexity index is 1470. The smallest absolute Gasteiger partial charge is 0.344 e. The molecule has 1 N–H and O–H groups in total. The molecule has 0 spiro atoms. The van der Waals surface area contributed by atoms with E-state index in [1.807, 2.05) is 38.1 Å². The predicted molar refractivity (Wildman–Crippen MR) is 138 cm³/mol. The average molecular weight is 532 g/mol. The van der Waals surface area contributed by atoms with Crippen LogP contribution in [0.25, 0.3) is 10.9 Å². The summed E-state index contributed by atoms with van der Waals surface area (Å²) in [6.07, 6.45) is 1.49. The number of methoxy groups -OCH3 is 1. The average Bonchev–Trinajstić information content (AvgIpc) is 2.84. The molecule has 0 radical (unpaired) electrons. The molecule has 0 atom stereocenters. The van der Waals surface area contributed by atoms with Crippen molar-refractivity contribution < 1.29 is 19.1 Å². The van der Waals surface area contributed by atoms with E-state index in [1.54, 1.807) is 42.5 Å². The molecule has 1 heterocycles. The number of carbonyl (C=O) groups is 2. The van der Waals surface area contributed by atoms with E-state index >= 15 is 0 Å². The highest BCUT2D eigenvalue weighted by atomic mass is 79.9. The van der Waals surface area contributed by atoms with Crippen molar-refractivity contribution in [3.8, 4) is 11.5 Å². The van der Waals surface area contributed by atoms with Crippen LogP contribution in [0.4, 0.5) is 0 Å². The largest absolute Gasteiger partial charge is 0.493 e. The van der Waals surface area contributed by atoms with Crippen LogP contribution in [0.5, 0.6) is 11.5 Å². The number of hydrogen-bond acceptors (Lipinski definition) is 6. The Morgan fingerprint density at radius 1 is 0.971 bits per heavy atom. The maximum absolute atomic E-state index is 12.8. The van der Waals surface area contributed by atoms with Gasteiger partial charge in [0.05, 0.1) is 30.0 Å². The lowest BCUT2D eigenvalue weighted by Gasteiger charge is -2.10. The van der Waals surface area contributed by atoms with Crippen LogP contribution in [-0.2, 0) is 0 Å². The molecule has 4 aromatic rings. The fourth-order valence-corrected chi connectivity index (χ4v) is 3.96. The molecule has 1 aromatic heterocycles. The maximum atomic E-state index is 12.8. The summed E-state index contributed by atoms with van der Waals surface area (Å²) in [6, 6.07) is 19.5. The van der Waals surface area contributed by atoms with E-state index in [-0.39, 0.29) is 11.7 Å². The molecule has 7 nitrogen and oxygen atoms in total. The molecule has 4 rings (SSSR count). The van der Waals surface area contributed by atoms with Gasteiger partial charge in [-0.15, -0.1) is 0 Å². The first-order valence-electron chi connectivity index (χ1n) is 10.7. The quantitative estimate of drug-likeness (QED) is 0.151. The summed E-state index contributed by atoms with van der Waals surface area (Å²) in [6.45, 7) is 3.81. The Hall–Kier alpha value is -4.04. The molecule has 3 aromatic carbocycles. The first kappa shape index (κ1) is 24.1. The third-order valence-corrected chi connectivity index (χ3v) is 5.89. The summed E-state index contributed by atoms with van der Waals surface area (Å²) in [5.41, 5.74) is 6.65. The van der Waals surface area contributed by atoms with Crippen LogP contribution in [0.3, 0.4) is 0 Å². The van der Waals surface area contributed by atoms with Gasteiger partial charge in [-0.1, -0.05) is 23.8 Å². The van der Waals surface area contributed by atoms with Gasteiger partial charge in [0.25, 0.3) is 5.91 Å². The van der Waals surface area contributed by atoms with Gasteiger partial charge in [0, 0.05) is 15.6 Å². The van der Waals surface area contributed by atoms with E-state index in [4.69, 9.17) is 9.47 Å². The standard InChI is InChI=1S/C27H22BrN3O4/c1-16-8-10-23-20(12-16)21(13-17(2)30-23)26(32)31-29-15-18-9-11-24(25(14-18)34-3)35-27(33)19-6-4-5-7-22(19)28/h4-15H,1-3H3,(H,31,32). The van der Waals surface area contributed by atoms with Gasteiger partial charge in [-0.3, -0.25) is 9.78 Å². The summed E-state index contributed by atoms with van der Waals surface area (Å²) >= 11 is 3.35. The number of nitrogens with zero attached hydrogens (tertiary/aromatic N) is 2. The Kier molecular flexibility index (Phi) is 7.22. The summed E-state index contributed by atoms with van der Waals surface area (Å²) in [5, 5.41) is 4.85. The molecule has 0 unspecified atom stereocenters. The normalized spacial score (nSPS) is 11.0. The Morgan fingerprint density at radius 2 is 1.77 bits per heavy atom. The van der Waals surface area contributed by atoms with Gasteiger partial charge in [-0.25, -0.2) is 10.2 Å². The van der Waals surface area contributed by atoms with E-state index in [9.17, 15) is 9.59 Å². The number of carbonyl (C=O) groups excluding carboxylic acids is 2. The van der Waals surface area contributed by atoms with Crippen LogP contribution in [0.2, 0.25) is 0 Å². The van der Waals surface area contributed by atoms with Gasteiger partial charge < -0.3 is 9.47 Å². The topological polar surface area (TPSA) is 89.9 Å². The molecule has 0 aliphatic rings. The number of aryl methyl sites for hydroxylation is 2. The Balaban J connectivity index is 1.50. The molecule has 1 amide bonds. The van der Waals surface area contributed by atoms with Crippen molar-refractivity contribution in [3.63, 3.8) is 0 Å². The lowest BCUT2D eigenvalue weighted by molar-refractivity contribution is 0.0728. The van der Waals surface area contributed by atoms with Crippen molar-refractivity contribution in [2.75, 3.05) is 7.11 Å². The fourth-order valence-electron chi connectivity index (χ4n) is 3.52. The van der Waals surface area contributed by atoms with E-state index in [0.717, 1.165) is 22.2 Å². The van der Waals surface area contributed by atoms with Crippen molar-refractivity contribution in [1.29, 1.82) is 0 Å². The van der Waals surface area contributed by atoms with Crippen LogP contribution in [0, 0.1) is 13.8 Å². The second-order valence-electron chi connectivity index (χ2n) is 7.81. The number of nitrogens with one attached hydrogen (secondary N) is 1. The Labute approximate surface area is 210 Å². The van der Waals surface area contributed by atoms with Gasteiger partial charge in [0.15, 0.2) is 11.5 Å². The number of amides is 1. The van der Waals surface area contributed by atoms with Gasteiger partial charge in [0.2, 0.25) is 0 Å². The predicted octanol–water partition coefficient (Wildman–Crippen LogP) is 5.61. The lowest BCUT2D eigenvalue weighted by Crippen LogP contribution is -2.18. The molecule has 35 heavy (non-hydrogen) atoms. The number of aromatic nitrogens is 1. The number of hydrazone groups is 1. The molecule has 0 aliphatic carbocycles. The number of esters is 1. The maximum Gasteiger partial charge on any atom is 0.344 e. The molecule has 0 bridgehead atoms. The minimum Gasteiger partial charge on any atom is -0.493 e. The van der Waals surface area contributed by atoms with Crippen LogP contribution < -0.4 is 14.9 Å². The van der Waals surface area contributed by atoms with Crippen molar-refractivity contribution in [2.45, 2.75) is 13.8 Å². The molecular formula is C27H22BrN3O4. The zero-order valence-electron chi connectivity index (χ0n) is 19.3. The van der Waals surface area contributed by atoms with E-state index in [0.29, 0.717) is 26.9 Å². The lowest BCUT2D eigenvalue weighted by atomic mass is 10.1. The van der Waals surface area contributed by atoms with Gasteiger partial charge >= 0.3 is 5.97 Å². The third-order valence-electron chi connectivity index (χ3n) is 5.20. The van der Waals surface area contributed by atoms with Crippen LogP contribution in [0.15, 0.2) is 76.3 Å². The van der Waals surface area contributed by atoms with Crippen molar-refractivity contribution in [2.24, 2.45) is 5.10 Å². The Morgan fingerprint density at radius 3 is 2.54 bits per heavy atom. The molecular weight excluding hydrogens is 510 g/mol. The van der Waals surface area contributed by atoms with E-state index in [1.165, 1.54) is 13.3 Å². The molecule has 0 fully saturated rings. The second kappa shape index (κ2) is 10.5. The molecule has 0 saturated carbocycles. The number of hydrogen-bond donors (Lipinski definition) is 1. The van der Waals surface area contributed by atoms with Crippen LogP contribution in [0.1, 0.15) is 37.5 Å². The SMILES string of the molecule is COc1cc(C=NNC(=O)c2cc(C)nc3ccc(C)cc23)ccc1OC(=O)c1ccccc1Br.